The summed E-state index contributed by atoms with van der Waals surface area (Å²) >= 11 is 7.06. The van der Waals surface area contributed by atoms with Crippen molar-refractivity contribution in [2.45, 2.75) is 25.9 Å². The summed E-state index contributed by atoms with van der Waals surface area (Å²) in [5, 5.41) is 9.93. The van der Waals surface area contributed by atoms with Gasteiger partial charge >= 0.3 is 5.97 Å². The summed E-state index contributed by atoms with van der Waals surface area (Å²) in [4.78, 5) is 15.6. The molecule has 1 heterocycles. The second-order valence-electron chi connectivity index (χ2n) is 7.57. The fraction of sp³-hybridized carbons (Fsp3) is 0.182. The Bertz CT molecular complexity index is 1130. The number of nitrogens with zero attached hydrogens (tertiary/aromatic N) is 2. The first-order chi connectivity index (χ1) is 14.1. The SMILES string of the molecule is CC(C)(C)[P@@](=Nc1cccc(C(=O)O)c1)(Oc1ccc(Br)cc1Br)c1ccncc1. The standard InChI is InChI=1S/C22H21Br2N2O3P/c1-22(2,3)30(18-9-11-25-12-10-18,29-20-8-7-16(23)14-19(20)24)26-17-6-4-5-15(13-17)21(27)28/h4-14H,1-3H3,(H,27,28)/t30-/m0/s1. The lowest BCUT2D eigenvalue weighted by atomic mass is 10.2. The van der Waals surface area contributed by atoms with Crippen molar-refractivity contribution < 1.29 is 14.4 Å². The van der Waals surface area contributed by atoms with Crippen LogP contribution < -0.4 is 9.83 Å². The molecule has 0 saturated carbocycles. The highest BCUT2D eigenvalue weighted by atomic mass is 79.9. The number of rotatable bonds is 5. The molecule has 3 rings (SSSR count). The van der Waals surface area contributed by atoms with E-state index in [0.717, 1.165) is 14.2 Å². The summed E-state index contributed by atoms with van der Waals surface area (Å²) in [5.41, 5.74) is 0.742. The quantitative estimate of drug-likeness (QED) is 0.339. The predicted molar refractivity (Wildman–Crippen MR) is 129 cm³/mol. The molecule has 2 aromatic carbocycles. The van der Waals surface area contributed by atoms with Gasteiger partial charge in [-0.1, -0.05) is 42.8 Å². The maximum atomic E-state index is 11.5. The molecule has 1 atom stereocenters. The van der Waals surface area contributed by atoms with Crippen LogP contribution in [0.25, 0.3) is 0 Å². The van der Waals surface area contributed by atoms with Gasteiger partial charge in [0.1, 0.15) is 5.75 Å². The van der Waals surface area contributed by atoms with Crippen LogP contribution in [0.5, 0.6) is 5.75 Å². The molecule has 5 nitrogen and oxygen atoms in total. The molecule has 30 heavy (non-hydrogen) atoms. The average molecular weight is 552 g/mol. The van der Waals surface area contributed by atoms with Crippen LogP contribution in [0.3, 0.4) is 0 Å². The third kappa shape index (κ3) is 4.85. The molecular weight excluding hydrogens is 531 g/mol. The highest BCUT2D eigenvalue weighted by Crippen LogP contribution is 2.62. The van der Waals surface area contributed by atoms with Crippen LogP contribution >= 0.6 is 39.1 Å². The number of halogens is 2. The molecule has 1 N–H and O–H groups in total. The van der Waals surface area contributed by atoms with Gasteiger partial charge in [0.2, 0.25) is 0 Å². The zero-order chi connectivity index (χ0) is 21.9. The highest BCUT2D eigenvalue weighted by Gasteiger charge is 2.39. The first-order valence-electron chi connectivity index (χ1n) is 9.13. The minimum atomic E-state index is -2.72. The van der Waals surface area contributed by atoms with Gasteiger partial charge in [0.15, 0.2) is 7.28 Å². The van der Waals surface area contributed by atoms with Crippen molar-refractivity contribution in [3.8, 4) is 5.75 Å². The van der Waals surface area contributed by atoms with E-state index in [1.165, 1.54) is 0 Å². The van der Waals surface area contributed by atoms with E-state index < -0.39 is 13.3 Å². The van der Waals surface area contributed by atoms with Crippen LogP contribution in [0.1, 0.15) is 31.1 Å². The molecular formula is C22H21Br2N2O3P. The maximum absolute atomic E-state index is 11.5. The molecule has 0 bridgehead atoms. The first kappa shape index (κ1) is 22.7. The molecule has 0 radical (unpaired) electrons. The van der Waals surface area contributed by atoms with Gasteiger partial charge in [-0.25, -0.2) is 9.54 Å². The monoisotopic (exact) mass is 550 g/mol. The van der Waals surface area contributed by atoms with Crippen molar-refractivity contribution in [1.82, 2.24) is 4.98 Å². The Labute approximate surface area is 192 Å². The summed E-state index contributed by atoms with van der Waals surface area (Å²) in [6.07, 6.45) is 3.44. The van der Waals surface area contributed by atoms with E-state index >= 15 is 0 Å². The molecule has 0 saturated heterocycles. The van der Waals surface area contributed by atoms with Gasteiger partial charge in [0, 0.05) is 27.3 Å². The van der Waals surface area contributed by atoms with E-state index in [2.05, 4.69) is 57.6 Å². The number of carbonyl (C=O) groups is 1. The van der Waals surface area contributed by atoms with Crippen LogP contribution in [0.2, 0.25) is 0 Å². The maximum Gasteiger partial charge on any atom is 0.335 e. The largest absolute Gasteiger partial charge is 0.478 e. The molecule has 0 unspecified atom stereocenters. The number of benzene rings is 2. The van der Waals surface area contributed by atoms with E-state index in [4.69, 9.17) is 9.27 Å². The lowest BCUT2D eigenvalue weighted by Crippen LogP contribution is -2.27. The molecule has 0 aliphatic carbocycles. The second-order valence-corrected chi connectivity index (χ2v) is 12.7. The summed E-state index contributed by atoms with van der Waals surface area (Å²) in [5.74, 6) is -0.330. The van der Waals surface area contributed by atoms with Crippen LogP contribution in [-0.4, -0.2) is 21.2 Å². The van der Waals surface area contributed by atoms with Crippen molar-refractivity contribution >= 4 is 56.1 Å². The Kier molecular flexibility index (Phi) is 6.85. The van der Waals surface area contributed by atoms with Crippen LogP contribution in [0, 0.1) is 0 Å². The number of hydrogen-bond donors (Lipinski definition) is 1. The normalized spacial score (nSPS) is 13.4. The van der Waals surface area contributed by atoms with Gasteiger partial charge in [0.25, 0.3) is 0 Å². The fourth-order valence-electron chi connectivity index (χ4n) is 2.91. The van der Waals surface area contributed by atoms with Gasteiger partial charge in [0.05, 0.1) is 15.7 Å². The zero-order valence-electron chi connectivity index (χ0n) is 16.7. The molecule has 8 heteroatoms. The van der Waals surface area contributed by atoms with Gasteiger partial charge < -0.3 is 9.63 Å². The van der Waals surface area contributed by atoms with Crippen molar-refractivity contribution in [2.24, 2.45) is 4.74 Å². The van der Waals surface area contributed by atoms with Crippen molar-refractivity contribution in [3.63, 3.8) is 0 Å². The van der Waals surface area contributed by atoms with Crippen molar-refractivity contribution in [3.05, 3.63) is 81.5 Å². The third-order valence-corrected chi connectivity index (χ3v) is 9.30. The lowest BCUT2D eigenvalue weighted by molar-refractivity contribution is 0.0697. The Morgan fingerprint density at radius 3 is 2.37 bits per heavy atom. The molecule has 0 spiro atoms. The van der Waals surface area contributed by atoms with E-state index in [1.54, 1.807) is 36.7 Å². The topological polar surface area (TPSA) is 71.8 Å². The molecule has 0 aliphatic heterocycles. The zero-order valence-corrected chi connectivity index (χ0v) is 20.8. The minimum absolute atomic E-state index is 0.183. The predicted octanol–water partition coefficient (Wildman–Crippen LogP) is 7.26. The number of hydrogen-bond acceptors (Lipinski definition) is 4. The Balaban J connectivity index is 2.31. The van der Waals surface area contributed by atoms with Gasteiger partial charge in [-0.05, 0) is 64.5 Å². The number of aromatic carboxylic acids is 1. The number of pyridine rings is 1. The average Bonchev–Trinajstić information content (AvgIpc) is 2.69. The smallest absolute Gasteiger partial charge is 0.335 e. The summed E-state index contributed by atoms with van der Waals surface area (Å²) in [6, 6.07) is 16.2. The van der Waals surface area contributed by atoms with Crippen LogP contribution in [0.15, 0.2) is 80.7 Å². The van der Waals surface area contributed by atoms with Crippen LogP contribution in [0.4, 0.5) is 5.69 Å². The number of carboxylic acid groups (broad SMARTS) is 1. The Hall–Kier alpha value is -1.95. The molecule has 156 valence electrons. The van der Waals surface area contributed by atoms with E-state index in [-0.39, 0.29) is 10.7 Å². The van der Waals surface area contributed by atoms with E-state index in [1.807, 2.05) is 30.3 Å². The van der Waals surface area contributed by atoms with Gasteiger partial charge in [-0.2, -0.15) is 0 Å². The third-order valence-electron chi connectivity index (χ3n) is 4.40. The van der Waals surface area contributed by atoms with Gasteiger partial charge in [-0.15, -0.1) is 0 Å². The minimum Gasteiger partial charge on any atom is -0.478 e. The Morgan fingerprint density at radius 2 is 1.77 bits per heavy atom. The molecule has 0 amide bonds. The highest BCUT2D eigenvalue weighted by molar-refractivity contribution is 9.11. The molecule has 0 aliphatic rings. The Morgan fingerprint density at radius 1 is 1.07 bits per heavy atom. The van der Waals surface area contributed by atoms with Crippen LogP contribution in [-0.2, 0) is 0 Å². The van der Waals surface area contributed by atoms with E-state index in [9.17, 15) is 9.90 Å². The summed E-state index contributed by atoms with van der Waals surface area (Å²) in [6.45, 7) is 6.25. The van der Waals surface area contributed by atoms with Crippen molar-refractivity contribution in [2.75, 3.05) is 0 Å². The van der Waals surface area contributed by atoms with Crippen molar-refractivity contribution in [1.29, 1.82) is 0 Å². The molecule has 0 fully saturated rings. The summed E-state index contributed by atoms with van der Waals surface area (Å²) < 4.78 is 13.6. The number of aromatic nitrogens is 1. The first-order valence-corrected chi connectivity index (χ1v) is 12.4. The van der Waals surface area contributed by atoms with Gasteiger partial charge in [-0.3, -0.25) is 4.98 Å². The summed E-state index contributed by atoms with van der Waals surface area (Å²) in [7, 11) is -2.72. The lowest BCUT2D eigenvalue weighted by Gasteiger charge is -2.37. The second kappa shape index (κ2) is 9.04. The fourth-order valence-corrected chi connectivity index (χ4v) is 7.20. The molecule has 3 aromatic rings. The van der Waals surface area contributed by atoms with E-state index in [0.29, 0.717) is 11.4 Å². The number of carboxylic acids is 1. The molecule has 1 aromatic heterocycles.